The van der Waals surface area contributed by atoms with Crippen molar-refractivity contribution in [1.82, 2.24) is 5.32 Å². The second-order valence-electron chi connectivity index (χ2n) is 6.39. The molecule has 9 heteroatoms. The summed E-state index contributed by atoms with van der Waals surface area (Å²) in [4.78, 5) is 12.2. The standard InChI is InChI=1S/C21H17ClF2N2O3S/c22-19-9-4-15(21(27)25-11-10-14-2-1-3-17(24)12-14)13-20(19)26-30(28,29)18-7-5-16(23)6-8-18/h1-9,12-13,26H,10-11H2,(H,25,27). The van der Waals surface area contributed by atoms with Crippen LogP contribution in [0.25, 0.3) is 0 Å². The Morgan fingerprint density at radius 3 is 2.37 bits per heavy atom. The largest absolute Gasteiger partial charge is 0.352 e. The normalized spacial score (nSPS) is 11.2. The third-order valence-electron chi connectivity index (χ3n) is 4.19. The van der Waals surface area contributed by atoms with E-state index in [0.29, 0.717) is 6.42 Å². The first-order valence-corrected chi connectivity index (χ1v) is 10.7. The van der Waals surface area contributed by atoms with E-state index in [1.165, 1.54) is 30.3 Å². The molecule has 0 spiro atoms. The molecule has 3 aromatic carbocycles. The first-order chi connectivity index (χ1) is 14.2. The Morgan fingerprint density at radius 2 is 1.67 bits per heavy atom. The van der Waals surface area contributed by atoms with Crippen molar-refractivity contribution in [3.63, 3.8) is 0 Å². The van der Waals surface area contributed by atoms with Gasteiger partial charge in [0.15, 0.2) is 0 Å². The van der Waals surface area contributed by atoms with Crippen molar-refractivity contribution in [2.45, 2.75) is 11.3 Å². The molecule has 0 saturated carbocycles. The molecule has 5 nitrogen and oxygen atoms in total. The van der Waals surface area contributed by atoms with Crippen LogP contribution in [0.15, 0.2) is 71.6 Å². The van der Waals surface area contributed by atoms with E-state index in [4.69, 9.17) is 11.6 Å². The minimum atomic E-state index is -4.02. The molecule has 0 aromatic heterocycles. The maximum atomic E-state index is 13.2. The van der Waals surface area contributed by atoms with E-state index in [1.807, 2.05) is 0 Å². The van der Waals surface area contributed by atoms with E-state index in [9.17, 15) is 22.0 Å². The zero-order valence-electron chi connectivity index (χ0n) is 15.5. The van der Waals surface area contributed by atoms with E-state index in [-0.39, 0.29) is 33.5 Å². The van der Waals surface area contributed by atoms with Crippen LogP contribution in [0.5, 0.6) is 0 Å². The molecule has 0 fully saturated rings. The summed E-state index contributed by atoms with van der Waals surface area (Å²) in [6.07, 6.45) is 0.432. The Labute approximate surface area is 177 Å². The Hall–Kier alpha value is -2.97. The highest BCUT2D eigenvalue weighted by atomic mass is 35.5. The zero-order chi connectivity index (χ0) is 21.7. The Bertz CT molecular complexity index is 1170. The van der Waals surface area contributed by atoms with Gasteiger partial charge in [0.05, 0.1) is 15.6 Å². The summed E-state index contributed by atoms with van der Waals surface area (Å²) in [7, 11) is -4.02. The number of benzene rings is 3. The number of amides is 1. The van der Waals surface area contributed by atoms with Crippen molar-refractivity contribution in [3.05, 3.63) is 94.5 Å². The highest BCUT2D eigenvalue weighted by Crippen LogP contribution is 2.26. The maximum Gasteiger partial charge on any atom is 0.261 e. The average molecular weight is 451 g/mol. The molecule has 0 aliphatic heterocycles. The zero-order valence-corrected chi connectivity index (χ0v) is 17.1. The van der Waals surface area contributed by atoms with Crippen LogP contribution in [0.3, 0.4) is 0 Å². The fourth-order valence-corrected chi connectivity index (χ4v) is 3.97. The van der Waals surface area contributed by atoms with Gasteiger partial charge in [-0.3, -0.25) is 9.52 Å². The lowest BCUT2D eigenvalue weighted by atomic mass is 10.1. The minimum Gasteiger partial charge on any atom is -0.352 e. The Morgan fingerprint density at radius 1 is 0.933 bits per heavy atom. The van der Waals surface area contributed by atoms with Crippen LogP contribution in [0.4, 0.5) is 14.5 Å². The molecule has 0 atom stereocenters. The van der Waals surface area contributed by atoms with Crippen molar-refractivity contribution >= 4 is 33.2 Å². The fraction of sp³-hybridized carbons (Fsp3) is 0.0952. The van der Waals surface area contributed by atoms with Crippen molar-refractivity contribution < 1.29 is 22.0 Å². The van der Waals surface area contributed by atoms with Crippen LogP contribution in [-0.4, -0.2) is 20.9 Å². The third kappa shape index (κ3) is 5.55. The van der Waals surface area contributed by atoms with Crippen molar-refractivity contribution in [2.24, 2.45) is 0 Å². The summed E-state index contributed by atoms with van der Waals surface area (Å²) in [5, 5.41) is 2.79. The summed E-state index contributed by atoms with van der Waals surface area (Å²) in [5.74, 6) is -1.36. The number of sulfonamides is 1. The van der Waals surface area contributed by atoms with Gasteiger partial charge >= 0.3 is 0 Å². The van der Waals surface area contributed by atoms with Gasteiger partial charge < -0.3 is 5.32 Å². The van der Waals surface area contributed by atoms with E-state index in [1.54, 1.807) is 12.1 Å². The molecule has 0 aliphatic rings. The first kappa shape index (κ1) is 21.7. The number of carbonyl (C=O) groups excluding carboxylic acids is 1. The van der Waals surface area contributed by atoms with Crippen molar-refractivity contribution in [2.75, 3.05) is 11.3 Å². The van der Waals surface area contributed by atoms with Crippen LogP contribution >= 0.6 is 11.6 Å². The highest BCUT2D eigenvalue weighted by molar-refractivity contribution is 7.92. The van der Waals surface area contributed by atoms with Crippen LogP contribution in [0.1, 0.15) is 15.9 Å². The van der Waals surface area contributed by atoms with Gasteiger partial charge in [0.2, 0.25) is 0 Å². The molecule has 1 amide bonds. The maximum absolute atomic E-state index is 13.2. The molecule has 0 heterocycles. The van der Waals surface area contributed by atoms with Crippen molar-refractivity contribution in [1.29, 1.82) is 0 Å². The van der Waals surface area contributed by atoms with Gasteiger partial charge in [0.1, 0.15) is 11.6 Å². The molecule has 0 saturated heterocycles. The molecule has 0 unspecified atom stereocenters. The van der Waals surface area contributed by atoms with E-state index >= 15 is 0 Å². The van der Waals surface area contributed by atoms with E-state index in [0.717, 1.165) is 29.8 Å². The van der Waals surface area contributed by atoms with Gasteiger partial charge in [-0.15, -0.1) is 0 Å². The smallest absolute Gasteiger partial charge is 0.261 e. The number of halogens is 3. The van der Waals surface area contributed by atoms with Crippen LogP contribution in [-0.2, 0) is 16.4 Å². The lowest BCUT2D eigenvalue weighted by Gasteiger charge is -2.12. The summed E-state index contributed by atoms with van der Waals surface area (Å²) >= 11 is 6.06. The van der Waals surface area contributed by atoms with Crippen LogP contribution < -0.4 is 10.0 Å². The molecule has 3 rings (SSSR count). The van der Waals surface area contributed by atoms with Gasteiger partial charge in [-0.2, -0.15) is 0 Å². The van der Waals surface area contributed by atoms with E-state index in [2.05, 4.69) is 10.0 Å². The number of hydrogen-bond acceptors (Lipinski definition) is 3. The van der Waals surface area contributed by atoms with Crippen molar-refractivity contribution in [3.8, 4) is 0 Å². The molecule has 0 aliphatic carbocycles. The second kappa shape index (κ2) is 9.23. The molecular weight excluding hydrogens is 434 g/mol. The van der Waals surface area contributed by atoms with Crippen LogP contribution in [0.2, 0.25) is 5.02 Å². The molecule has 156 valence electrons. The second-order valence-corrected chi connectivity index (χ2v) is 8.48. The number of anilines is 1. The summed E-state index contributed by atoms with van der Waals surface area (Å²) < 4.78 is 53.5. The lowest BCUT2D eigenvalue weighted by Crippen LogP contribution is -2.26. The van der Waals surface area contributed by atoms with Gasteiger partial charge in [0, 0.05) is 12.1 Å². The summed E-state index contributed by atoms with van der Waals surface area (Å²) in [6.45, 7) is 0.265. The molecule has 2 N–H and O–H groups in total. The average Bonchev–Trinajstić information content (AvgIpc) is 2.70. The number of nitrogens with one attached hydrogen (secondary N) is 2. The van der Waals surface area contributed by atoms with Gasteiger partial charge in [-0.05, 0) is 66.6 Å². The number of hydrogen-bond donors (Lipinski definition) is 2. The molecule has 3 aromatic rings. The van der Waals surface area contributed by atoms with Gasteiger partial charge in [0.25, 0.3) is 15.9 Å². The SMILES string of the molecule is O=C(NCCc1cccc(F)c1)c1ccc(Cl)c(NS(=O)(=O)c2ccc(F)cc2)c1. The lowest BCUT2D eigenvalue weighted by molar-refractivity contribution is 0.0954. The predicted octanol–water partition coefficient (Wildman–Crippen LogP) is 4.39. The topological polar surface area (TPSA) is 75.3 Å². The molecule has 0 bridgehead atoms. The monoisotopic (exact) mass is 450 g/mol. The molecule has 0 radical (unpaired) electrons. The highest BCUT2D eigenvalue weighted by Gasteiger charge is 2.17. The first-order valence-electron chi connectivity index (χ1n) is 8.85. The Balaban J connectivity index is 1.69. The molecule has 30 heavy (non-hydrogen) atoms. The number of carbonyl (C=O) groups is 1. The van der Waals surface area contributed by atoms with Gasteiger partial charge in [-0.1, -0.05) is 23.7 Å². The number of rotatable bonds is 7. The minimum absolute atomic E-state index is 0.0128. The quantitative estimate of drug-likeness (QED) is 0.560. The van der Waals surface area contributed by atoms with Crippen LogP contribution in [0, 0.1) is 11.6 Å². The molecular formula is C21H17ClF2N2O3S. The van der Waals surface area contributed by atoms with Gasteiger partial charge in [-0.25, -0.2) is 17.2 Å². The summed E-state index contributed by atoms with van der Waals surface area (Å²) in [6, 6.07) is 14.5. The third-order valence-corrected chi connectivity index (χ3v) is 5.90. The van der Waals surface area contributed by atoms with E-state index < -0.39 is 21.7 Å². The Kier molecular flexibility index (Phi) is 6.69. The fourth-order valence-electron chi connectivity index (χ4n) is 2.68. The predicted molar refractivity (Wildman–Crippen MR) is 111 cm³/mol. The summed E-state index contributed by atoms with van der Waals surface area (Å²) in [5.41, 5.74) is 0.938.